The predicted octanol–water partition coefficient (Wildman–Crippen LogP) is 4.45. The van der Waals surface area contributed by atoms with E-state index in [1.807, 2.05) is 46.7 Å². The highest BCUT2D eigenvalue weighted by atomic mass is 32.1. The fourth-order valence-electron chi connectivity index (χ4n) is 5.20. The second-order valence-corrected chi connectivity index (χ2v) is 10.0. The SMILES string of the molecule is O=C([C@H]1CCCN(c2nc3c(-c4ccccc4)csc3c(=O)[nH]2)C1)N1CCc2ccccc2C1. The van der Waals surface area contributed by atoms with Crippen molar-refractivity contribution in [2.75, 3.05) is 24.5 Å². The van der Waals surface area contributed by atoms with Crippen molar-refractivity contribution in [2.24, 2.45) is 5.92 Å². The van der Waals surface area contributed by atoms with Gasteiger partial charge in [0.1, 0.15) is 4.70 Å². The van der Waals surface area contributed by atoms with Crippen LogP contribution in [0.15, 0.2) is 64.8 Å². The summed E-state index contributed by atoms with van der Waals surface area (Å²) in [6.45, 7) is 2.81. The van der Waals surface area contributed by atoms with E-state index in [0.717, 1.165) is 49.0 Å². The fourth-order valence-corrected chi connectivity index (χ4v) is 6.11. The number of piperidine rings is 1. The molecule has 0 aliphatic carbocycles. The fraction of sp³-hybridized carbons (Fsp3) is 0.296. The van der Waals surface area contributed by atoms with Crippen molar-refractivity contribution < 1.29 is 4.79 Å². The van der Waals surface area contributed by atoms with Crippen molar-refractivity contribution in [3.8, 4) is 11.1 Å². The first kappa shape index (κ1) is 21.1. The Hall–Kier alpha value is -3.45. The number of anilines is 1. The van der Waals surface area contributed by atoms with E-state index in [-0.39, 0.29) is 17.4 Å². The van der Waals surface area contributed by atoms with Crippen LogP contribution >= 0.6 is 11.3 Å². The average Bonchev–Trinajstić information content (AvgIpc) is 3.33. The van der Waals surface area contributed by atoms with E-state index in [0.29, 0.717) is 23.7 Å². The number of hydrogen-bond donors (Lipinski definition) is 1. The zero-order valence-electron chi connectivity index (χ0n) is 18.9. The van der Waals surface area contributed by atoms with Crippen LogP contribution in [0.2, 0.25) is 0 Å². The standard InChI is InChI=1S/C27H26N4O2S/c32-25-24-23(22(17-34-24)19-8-2-1-3-9-19)28-27(29-25)31-13-6-11-21(16-31)26(33)30-14-12-18-7-4-5-10-20(18)15-30/h1-5,7-10,17,21H,6,11-16H2,(H,28,29,32)/t21-/m0/s1. The molecule has 1 amide bonds. The molecule has 172 valence electrons. The van der Waals surface area contributed by atoms with E-state index in [2.05, 4.69) is 28.1 Å². The third-order valence-electron chi connectivity index (χ3n) is 7.01. The summed E-state index contributed by atoms with van der Waals surface area (Å²) in [6, 6.07) is 18.4. The number of hydrogen-bond acceptors (Lipinski definition) is 5. The van der Waals surface area contributed by atoms with Gasteiger partial charge in [0.15, 0.2) is 0 Å². The van der Waals surface area contributed by atoms with Crippen LogP contribution in [0, 0.1) is 5.92 Å². The Morgan fingerprint density at radius 1 is 1.03 bits per heavy atom. The van der Waals surface area contributed by atoms with Gasteiger partial charge in [-0.15, -0.1) is 11.3 Å². The number of benzene rings is 2. The summed E-state index contributed by atoms with van der Waals surface area (Å²) >= 11 is 1.42. The minimum absolute atomic E-state index is 0.0870. The van der Waals surface area contributed by atoms with Crippen molar-refractivity contribution in [1.29, 1.82) is 0 Å². The molecule has 1 fully saturated rings. The van der Waals surface area contributed by atoms with Gasteiger partial charge in [-0.25, -0.2) is 4.98 Å². The van der Waals surface area contributed by atoms with Gasteiger partial charge >= 0.3 is 0 Å². The second kappa shape index (κ2) is 8.72. The molecule has 34 heavy (non-hydrogen) atoms. The summed E-state index contributed by atoms with van der Waals surface area (Å²) in [4.78, 5) is 38.3. The second-order valence-electron chi connectivity index (χ2n) is 9.15. The minimum Gasteiger partial charge on any atom is -0.342 e. The van der Waals surface area contributed by atoms with Gasteiger partial charge in [-0.3, -0.25) is 14.6 Å². The number of fused-ring (bicyclic) bond motifs is 2. The first-order valence-corrected chi connectivity index (χ1v) is 12.7. The number of carbonyl (C=O) groups is 1. The normalized spacial score (nSPS) is 18.2. The zero-order chi connectivity index (χ0) is 23.1. The number of carbonyl (C=O) groups excluding carboxylic acids is 1. The van der Waals surface area contributed by atoms with Crippen molar-refractivity contribution in [3.63, 3.8) is 0 Å². The molecule has 2 aliphatic rings. The maximum atomic E-state index is 13.4. The number of thiophene rings is 1. The number of H-pyrrole nitrogens is 1. The minimum atomic E-state index is -0.117. The lowest BCUT2D eigenvalue weighted by Crippen LogP contribution is -2.47. The van der Waals surface area contributed by atoms with Gasteiger partial charge in [-0.2, -0.15) is 0 Å². The summed E-state index contributed by atoms with van der Waals surface area (Å²) in [5.74, 6) is 0.689. The van der Waals surface area contributed by atoms with Gasteiger partial charge in [0.2, 0.25) is 11.9 Å². The lowest BCUT2D eigenvalue weighted by Gasteiger charge is -2.37. The van der Waals surface area contributed by atoms with Crippen LogP contribution in [0.3, 0.4) is 0 Å². The number of rotatable bonds is 3. The number of nitrogens with zero attached hydrogens (tertiary/aromatic N) is 3. The van der Waals surface area contributed by atoms with Crippen molar-refractivity contribution in [3.05, 3.63) is 81.5 Å². The molecule has 2 aromatic carbocycles. The Bertz CT molecular complexity index is 1410. The molecule has 1 atom stereocenters. The molecule has 2 aromatic heterocycles. The number of nitrogens with one attached hydrogen (secondary N) is 1. The lowest BCUT2D eigenvalue weighted by atomic mass is 9.94. The molecule has 0 spiro atoms. The Kier molecular flexibility index (Phi) is 5.41. The van der Waals surface area contributed by atoms with Gasteiger partial charge in [-0.1, -0.05) is 54.6 Å². The van der Waals surface area contributed by atoms with E-state index in [1.165, 1.54) is 22.5 Å². The van der Waals surface area contributed by atoms with Gasteiger partial charge in [0.05, 0.1) is 11.4 Å². The first-order chi connectivity index (χ1) is 16.7. The summed E-state index contributed by atoms with van der Waals surface area (Å²) in [5.41, 5.74) is 5.23. The van der Waals surface area contributed by atoms with Gasteiger partial charge in [0.25, 0.3) is 5.56 Å². The van der Waals surface area contributed by atoms with Gasteiger partial charge in [-0.05, 0) is 36.0 Å². The number of aromatic amines is 1. The number of amides is 1. The molecule has 0 radical (unpaired) electrons. The van der Waals surface area contributed by atoms with Crippen LogP contribution in [0.4, 0.5) is 5.95 Å². The molecule has 4 aromatic rings. The quantitative estimate of drug-likeness (QED) is 0.480. The van der Waals surface area contributed by atoms with E-state index in [9.17, 15) is 9.59 Å². The summed E-state index contributed by atoms with van der Waals surface area (Å²) in [5, 5.41) is 2.00. The number of aromatic nitrogens is 2. The third kappa shape index (κ3) is 3.80. The molecule has 6 nitrogen and oxygen atoms in total. The molecule has 0 saturated carbocycles. The highest BCUT2D eigenvalue weighted by Crippen LogP contribution is 2.32. The van der Waals surface area contributed by atoms with Crippen LogP contribution in [0.25, 0.3) is 21.3 Å². The molecule has 1 saturated heterocycles. The molecule has 6 rings (SSSR count). The molecule has 0 bridgehead atoms. The maximum Gasteiger partial charge on any atom is 0.270 e. The Morgan fingerprint density at radius 3 is 2.68 bits per heavy atom. The molecule has 0 unspecified atom stereocenters. The van der Waals surface area contributed by atoms with Gasteiger partial charge in [0, 0.05) is 37.1 Å². The highest BCUT2D eigenvalue weighted by molar-refractivity contribution is 7.17. The predicted molar refractivity (Wildman–Crippen MR) is 136 cm³/mol. The van der Waals surface area contributed by atoms with E-state index >= 15 is 0 Å². The Labute approximate surface area is 201 Å². The van der Waals surface area contributed by atoms with Crippen LogP contribution in [0.5, 0.6) is 0 Å². The van der Waals surface area contributed by atoms with Crippen LogP contribution in [-0.4, -0.2) is 40.4 Å². The largest absolute Gasteiger partial charge is 0.342 e. The lowest BCUT2D eigenvalue weighted by molar-refractivity contribution is -0.136. The van der Waals surface area contributed by atoms with Crippen molar-refractivity contribution in [1.82, 2.24) is 14.9 Å². The molecular formula is C27H26N4O2S. The van der Waals surface area contributed by atoms with Gasteiger partial charge < -0.3 is 9.80 Å². The van der Waals surface area contributed by atoms with Crippen molar-refractivity contribution >= 4 is 33.4 Å². The van der Waals surface area contributed by atoms with Crippen LogP contribution in [-0.2, 0) is 17.8 Å². The monoisotopic (exact) mass is 470 g/mol. The van der Waals surface area contributed by atoms with Crippen molar-refractivity contribution in [2.45, 2.75) is 25.8 Å². The summed E-state index contributed by atoms with van der Waals surface area (Å²) in [7, 11) is 0. The summed E-state index contributed by atoms with van der Waals surface area (Å²) < 4.78 is 0.638. The molecule has 4 heterocycles. The topological polar surface area (TPSA) is 69.3 Å². The van der Waals surface area contributed by atoms with Crippen LogP contribution < -0.4 is 10.5 Å². The average molecular weight is 471 g/mol. The molecular weight excluding hydrogens is 444 g/mol. The maximum absolute atomic E-state index is 13.4. The zero-order valence-corrected chi connectivity index (χ0v) is 19.7. The van der Waals surface area contributed by atoms with E-state index < -0.39 is 0 Å². The molecule has 2 aliphatic heterocycles. The van der Waals surface area contributed by atoms with Crippen LogP contribution in [0.1, 0.15) is 24.0 Å². The molecule has 1 N–H and O–H groups in total. The molecule has 7 heteroatoms. The highest BCUT2D eigenvalue weighted by Gasteiger charge is 2.32. The van der Waals surface area contributed by atoms with E-state index in [4.69, 9.17) is 4.98 Å². The Morgan fingerprint density at radius 2 is 1.82 bits per heavy atom. The first-order valence-electron chi connectivity index (χ1n) is 11.8. The third-order valence-corrected chi connectivity index (χ3v) is 7.98. The smallest absolute Gasteiger partial charge is 0.270 e. The van der Waals surface area contributed by atoms with E-state index in [1.54, 1.807) is 0 Å². The Balaban J connectivity index is 1.26. The summed E-state index contributed by atoms with van der Waals surface area (Å²) in [6.07, 6.45) is 2.68.